The van der Waals surface area contributed by atoms with Crippen LogP contribution in [0.25, 0.3) is 0 Å². The van der Waals surface area contributed by atoms with E-state index < -0.39 is 0 Å². The second-order valence-corrected chi connectivity index (χ2v) is 5.88. The molecule has 0 aliphatic heterocycles. The molecule has 0 heterocycles. The minimum Gasteiger partial charge on any atom is -0.484 e. The minimum atomic E-state index is -0.154. The SMILES string of the molecule is O=C(COc1cccc(Cl)c1)Nc1cccc2c1CCCC2. The molecule has 4 heteroatoms. The molecule has 3 nitrogen and oxygen atoms in total. The normalized spacial score (nSPS) is 13.3. The highest BCUT2D eigenvalue weighted by atomic mass is 35.5. The number of hydrogen-bond donors (Lipinski definition) is 1. The average molecular weight is 316 g/mol. The first-order chi connectivity index (χ1) is 10.7. The van der Waals surface area contributed by atoms with Gasteiger partial charge in [-0.25, -0.2) is 0 Å². The van der Waals surface area contributed by atoms with E-state index in [2.05, 4.69) is 11.4 Å². The molecule has 114 valence electrons. The molecular weight excluding hydrogens is 298 g/mol. The summed E-state index contributed by atoms with van der Waals surface area (Å²) in [5.41, 5.74) is 3.53. The summed E-state index contributed by atoms with van der Waals surface area (Å²) in [6, 6.07) is 13.1. The Morgan fingerprint density at radius 2 is 1.95 bits per heavy atom. The molecule has 1 N–H and O–H groups in total. The van der Waals surface area contributed by atoms with Crippen LogP contribution in [0.4, 0.5) is 5.69 Å². The quantitative estimate of drug-likeness (QED) is 0.916. The Morgan fingerprint density at radius 1 is 1.14 bits per heavy atom. The Balaban J connectivity index is 1.62. The lowest BCUT2D eigenvalue weighted by Gasteiger charge is -2.19. The van der Waals surface area contributed by atoms with Crippen molar-refractivity contribution in [3.8, 4) is 5.75 Å². The van der Waals surface area contributed by atoms with E-state index in [4.69, 9.17) is 16.3 Å². The number of fused-ring (bicyclic) bond motifs is 1. The Bertz CT molecular complexity index is 685. The van der Waals surface area contributed by atoms with Crippen molar-refractivity contribution >= 4 is 23.2 Å². The highest BCUT2D eigenvalue weighted by Crippen LogP contribution is 2.27. The number of hydrogen-bond acceptors (Lipinski definition) is 2. The number of halogens is 1. The van der Waals surface area contributed by atoms with E-state index in [0.717, 1.165) is 18.5 Å². The van der Waals surface area contributed by atoms with Gasteiger partial charge in [0.25, 0.3) is 5.91 Å². The van der Waals surface area contributed by atoms with Gasteiger partial charge in [-0.1, -0.05) is 29.8 Å². The van der Waals surface area contributed by atoms with Gasteiger partial charge in [-0.2, -0.15) is 0 Å². The number of carbonyl (C=O) groups is 1. The van der Waals surface area contributed by atoms with E-state index in [9.17, 15) is 4.79 Å². The van der Waals surface area contributed by atoms with Crippen LogP contribution in [0, 0.1) is 0 Å². The summed E-state index contributed by atoms with van der Waals surface area (Å²) < 4.78 is 5.47. The molecule has 0 saturated carbocycles. The van der Waals surface area contributed by atoms with Gasteiger partial charge in [0.05, 0.1) is 0 Å². The van der Waals surface area contributed by atoms with Gasteiger partial charge >= 0.3 is 0 Å². The van der Waals surface area contributed by atoms with Gasteiger partial charge in [0.2, 0.25) is 0 Å². The van der Waals surface area contributed by atoms with Crippen molar-refractivity contribution in [3.05, 3.63) is 58.6 Å². The number of aryl methyl sites for hydroxylation is 1. The fourth-order valence-corrected chi connectivity index (χ4v) is 2.97. The summed E-state index contributed by atoms with van der Waals surface area (Å²) in [5.74, 6) is 0.441. The lowest BCUT2D eigenvalue weighted by molar-refractivity contribution is -0.118. The first-order valence-corrected chi connectivity index (χ1v) is 7.89. The summed E-state index contributed by atoms with van der Waals surface area (Å²) in [6.45, 7) is -0.0238. The molecule has 0 aromatic heterocycles. The predicted molar refractivity (Wildman–Crippen MR) is 88.7 cm³/mol. The molecule has 0 saturated heterocycles. The van der Waals surface area contributed by atoms with Crippen molar-refractivity contribution in [2.75, 3.05) is 11.9 Å². The molecule has 2 aromatic carbocycles. The topological polar surface area (TPSA) is 38.3 Å². The van der Waals surface area contributed by atoms with Crippen LogP contribution in [0.1, 0.15) is 24.0 Å². The van der Waals surface area contributed by atoms with Crippen LogP contribution < -0.4 is 10.1 Å². The zero-order valence-electron chi connectivity index (χ0n) is 12.3. The first kappa shape index (κ1) is 14.9. The highest BCUT2D eigenvalue weighted by molar-refractivity contribution is 6.30. The van der Waals surface area contributed by atoms with E-state index in [1.165, 1.54) is 24.0 Å². The van der Waals surface area contributed by atoms with Crippen LogP contribution in [0.3, 0.4) is 0 Å². The largest absolute Gasteiger partial charge is 0.484 e. The van der Waals surface area contributed by atoms with E-state index in [1.807, 2.05) is 12.1 Å². The lowest BCUT2D eigenvalue weighted by atomic mass is 9.90. The molecule has 1 aliphatic rings. The summed E-state index contributed by atoms with van der Waals surface area (Å²) in [5, 5.41) is 3.55. The monoisotopic (exact) mass is 315 g/mol. The molecule has 0 fully saturated rings. The maximum Gasteiger partial charge on any atom is 0.262 e. The van der Waals surface area contributed by atoms with Crippen molar-refractivity contribution in [1.82, 2.24) is 0 Å². The van der Waals surface area contributed by atoms with Crippen molar-refractivity contribution in [2.24, 2.45) is 0 Å². The number of ether oxygens (including phenoxy) is 1. The molecule has 1 aliphatic carbocycles. The van der Waals surface area contributed by atoms with Crippen LogP contribution >= 0.6 is 11.6 Å². The van der Waals surface area contributed by atoms with Crippen LogP contribution in [0.2, 0.25) is 5.02 Å². The van der Waals surface area contributed by atoms with Gasteiger partial charge in [0.1, 0.15) is 5.75 Å². The van der Waals surface area contributed by atoms with Crippen molar-refractivity contribution in [3.63, 3.8) is 0 Å². The fourth-order valence-electron chi connectivity index (χ4n) is 2.79. The van der Waals surface area contributed by atoms with Crippen LogP contribution in [0.15, 0.2) is 42.5 Å². The Kier molecular flexibility index (Phi) is 4.64. The third kappa shape index (κ3) is 3.60. The van der Waals surface area contributed by atoms with Gasteiger partial charge in [0.15, 0.2) is 6.61 Å². The molecule has 0 unspecified atom stereocenters. The smallest absolute Gasteiger partial charge is 0.262 e. The van der Waals surface area contributed by atoms with Crippen LogP contribution in [0.5, 0.6) is 5.75 Å². The second-order valence-electron chi connectivity index (χ2n) is 5.44. The molecule has 22 heavy (non-hydrogen) atoms. The molecule has 0 radical (unpaired) electrons. The van der Waals surface area contributed by atoms with Crippen molar-refractivity contribution < 1.29 is 9.53 Å². The van der Waals surface area contributed by atoms with Crippen molar-refractivity contribution in [1.29, 1.82) is 0 Å². The zero-order chi connectivity index (χ0) is 15.4. The van der Waals surface area contributed by atoms with Crippen molar-refractivity contribution in [2.45, 2.75) is 25.7 Å². The third-order valence-electron chi connectivity index (χ3n) is 3.84. The predicted octanol–water partition coefficient (Wildman–Crippen LogP) is 4.24. The maximum atomic E-state index is 12.1. The van der Waals surface area contributed by atoms with Gasteiger partial charge < -0.3 is 10.1 Å². The summed E-state index contributed by atoms with van der Waals surface area (Å²) in [4.78, 5) is 12.1. The number of benzene rings is 2. The summed E-state index contributed by atoms with van der Waals surface area (Å²) in [7, 11) is 0. The van der Waals surface area contributed by atoms with E-state index >= 15 is 0 Å². The summed E-state index contributed by atoms with van der Waals surface area (Å²) >= 11 is 5.89. The molecular formula is C18H18ClNO2. The number of amides is 1. The number of carbonyl (C=O) groups excluding carboxylic acids is 1. The number of rotatable bonds is 4. The van der Waals surface area contributed by atoms with Crippen LogP contribution in [-0.2, 0) is 17.6 Å². The van der Waals surface area contributed by atoms with E-state index in [0.29, 0.717) is 10.8 Å². The fraction of sp³-hybridized carbons (Fsp3) is 0.278. The molecule has 3 rings (SSSR count). The maximum absolute atomic E-state index is 12.1. The summed E-state index contributed by atoms with van der Waals surface area (Å²) in [6.07, 6.45) is 4.53. The Morgan fingerprint density at radius 3 is 2.82 bits per heavy atom. The third-order valence-corrected chi connectivity index (χ3v) is 4.07. The standard InChI is InChI=1S/C18H18ClNO2/c19-14-7-4-8-15(11-14)22-12-18(21)20-17-10-3-6-13-5-1-2-9-16(13)17/h3-4,6-8,10-11H,1-2,5,9,12H2,(H,20,21). The highest BCUT2D eigenvalue weighted by Gasteiger charge is 2.14. The molecule has 0 bridgehead atoms. The van der Waals surface area contributed by atoms with Crippen LogP contribution in [-0.4, -0.2) is 12.5 Å². The number of nitrogens with one attached hydrogen (secondary N) is 1. The van der Waals surface area contributed by atoms with Gasteiger partial charge in [-0.15, -0.1) is 0 Å². The number of anilines is 1. The molecule has 2 aromatic rings. The lowest BCUT2D eigenvalue weighted by Crippen LogP contribution is -2.21. The molecule has 1 amide bonds. The van der Waals surface area contributed by atoms with Gasteiger partial charge in [-0.05, 0) is 61.1 Å². The first-order valence-electron chi connectivity index (χ1n) is 7.51. The zero-order valence-corrected chi connectivity index (χ0v) is 13.0. The van der Waals surface area contributed by atoms with Gasteiger partial charge in [-0.3, -0.25) is 4.79 Å². The van der Waals surface area contributed by atoms with E-state index in [-0.39, 0.29) is 12.5 Å². The molecule has 0 atom stereocenters. The van der Waals surface area contributed by atoms with E-state index in [1.54, 1.807) is 24.3 Å². The minimum absolute atomic E-state index is 0.0238. The Labute approximate surface area is 135 Å². The Hall–Kier alpha value is -2.00. The molecule has 0 spiro atoms. The second kappa shape index (κ2) is 6.84. The van der Waals surface area contributed by atoms with Gasteiger partial charge in [0, 0.05) is 10.7 Å². The average Bonchev–Trinajstić information content (AvgIpc) is 2.53.